The van der Waals surface area contributed by atoms with Gasteiger partial charge in [0.15, 0.2) is 17.2 Å². The molecule has 0 aliphatic carbocycles. The standard InChI is InChI=1S/C21H18N8O2/c1-12-3-4-14(7-17(12)25-13(2)30)26-20-8-18(27-19-6-5-16(31)11-23-19)21-24-10-15(9-22)29(21)28-20/h3-8,10-11,31H,1-2H3,(H,23,27)(H,25,30)(H,26,28). The Kier molecular flexibility index (Phi) is 5.07. The van der Waals surface area contributed by atoms with Gasteiger partial charge >= 0.3 is 0 Å². The molecular weight excluding hydrogens is 396 g/mol. The molecule has 0 saturated heterocycles. The molecule has 0 aliphatic rings. The number of aryl methyl sites for hydroxylation is 1. The first-order valence-corrected chi connectivity index (χ1v) is 9.29. The van der Waals surface area contributed by atoms with Crippen LogP contribution in [0.15, 0.2) is 48.8 Å². The maximum absolute atomic E-state index is 11.4. The number of nitrogens with zero attached hydrogens (tertiary/aromatic N) is 5. The van der Waals surface area contributed by atoms with E-state index in [1.807, 2.05) is 19.1 Å². The first-order chi connectivity index (χ1) is 14.9. The maximum atomic E-state index is 11.4. The van der Waals surface area contributed by atoms with Gasteiger partial charge in [-0.1, -0.05) is 6.07 Å². The Morgan fingerprint density at radius 2 is 1.90 bits per heavy atom. The van der Waals surface area contributed by atoms with Gasteiger partial charge in [-0.05, 0) is 36.8 Å². The van der Waals surface area contributed by atoms with Crippen LogP contribution in [0.4, 0.5) is 28.7 Å². The van der Waals surface area contributed by atoms with E-state index >= 15 is 0 Å². The zero-order valence-corrected chi connectivity index (χ0v) is 16.7. The number of nitriles is 1. The van der Waals surface area contributed by atoms with Gasteiger partial charge in [-0.25, -0.2) is 9.97 Å². The van der Waals surface area contributed by atoms with E-state index in [-0.39, 0.29) is 17.4 Å². The SMILES string of the molecule is CC(=O)Nc1cc(Nc2cc(Nc3ccc(O)cn3)c3ncc(C#N)n3n2)ccc1C. The number of pyridine rings is 1. The number of rotatable bonds is 5. The van der Waals surface area contributed by atoms with Crippen molar-refractivity contribution in [1.82, 2.24) is 19.6 Å². The maximum Gasteiger partial charge on any atom is 0.221 e. The van der Waals surface area contributed by atoms with Gasteiger partial charge in [0, 0.05) is 24.4 Å². The minimum Gasteiger partial charge on any atom is -0.506 e. The summed E-state index contributed by atoms with van der Waals surface area (Å²) in [6, 6.07) is 12.5. The van der Waals surface area contributed by atoms with Crippen LogP contribution in [0, 0.1) is 18.3 Å². The molecule has 0 spiro atoms. The summed E-state index contributed by atoms with van der Waals surface area (Å²) < 4.78 is 1.42. The van der Waals surface area contributed by atoms with Crippen molar-refractivity contribution in [3.05, 3.63) is 60.0 Å². The van der Waals surface area contributed by atoms with Crippen LogP contribution in [-0.4, -0.2) is 30.6 Å². The number of aromatic nitrogens is 4. The zero-order valence-electron chi connectivity index (χ0n) is 16.7. The van der Waals surface area contributed by atoms with Gasteiger partial charge in [0.2, 0.25) is 5.91 Å². The van der Waals surface area contributed by atoms with Crippen molar-refractivity contribution in [2.24, 2.45) is 0 Å². The topological polar surface area (TPSA) is 140 Å². The van der Waals surface area contributed by atoms with Crippen LogP contribution in [0.1, 0.15) is 18.2 Å². The summed E-state index contributed by atoms with van der Waals surface area (Å²) in [5.41, 5.74) is 3.58. The molecule has 4 rings (SSSR count). The van der Waals surface area contributed by atoms with Gasteiger partial charge in [-0.2, -0.15) is 9.78 Å². The number of nitrogens with one attached hydrogen (secondary N) is 3. The predicted molar refractivity (Wildman–Crippen MR) is 116 cm³/mol. The lowest BCUT2D eigenvalue weighted by Gasteiger charge is -2.13. The summed E-state index contributed by atoms with van der Waals surface area (Å²) in [5, 5.41) is 32.4. The first-order valence-electron chi connectivity index (χ1n) is 9.29. The lowest BCUT2D eigenvalue weighted by Crippen LogP contribution is -2.08. The monoisotopic (exact) mass is 414 g/mol. The van der Waals surface area contributed by atoms with Gasteiger partial charge in [0.1, 0.15) is 17.6 Å². The second-order valence-corrected chi connectivity index (χ2v) is 6.80. The number of carbonyl (C=O) groups is 1. The van der Waals surface area contributed by atoms with Crippen molar-refractivity contribution in [3.8, 4) is 11.8 Å². The Morgan fingerprint density at radius 1 is 1.06 bits per heavy atom. The molecule has 0 radical (unpaired) electrons. The molecule has 0 saturated carbocycles. The number of amides is 1. The van der Waals surface area contributed by atoms with Gasteiger partial charge in [0.05, 0.1) is 18.1 Å². The van der Waals surface area contributed by atoms with Crippen molar-refractivity contribution >= 4 is 40.3 Å². The zero-order chi connectivity index (χ0) is 22.0. The van der Waals surface area contributed by atoms with Crippen LogP contribution in [0.3, 0.4) is 0 Å². The molecule has 3 aromatic heterocycles. The molecule has 10 heteroatoms. The fourth-order valence-corrected chi connectivity index (χ4v) is 2.97. The van der Waals surface area contributed by atoms with Crippen LogP contribution in [0.5, 0.6) is 5.75 Å². The van der Waals surface area contributed by atoms with Crippen molar-refractivity contribution < 1.29 is 9.90 Å². The van der Waals surface area contributed by atoms with Gasteiger partial charge in [-0.3, -0.25) is 4.79 Å². The fourth-order valence-electron chi connectivity index (χ4n) is 2.97. The summed E-state index contributed by atoms with van der Waals surface area (Å²) in [6.07, 6.45) is 2.75. The Labute approximate surface area is 177 Å². The number of aromatic hydroxyl groups is 1. The average molecular weight is 414 g/mol. The summed E-state index contributed by atoms with van der Waals surface area (Å²) in [4.78, 5) is 19.8. The van der Waals surface area contributed by atoms with E-state index in [9.17, 15) is 15.2 Å². The third-order valence-electron chi connectivity index (χ3n) is 4.41. The predicted octanol–water partition coefficient (Wildman–Crippen LogP) is 3.46. The summed E-state index contributed by atoms with van der Waals surface area (Å²) in [7, 11) is 0. The number of carbonyl (C=O) groups excluding carboxylic acids is 1. The van der Waals surface area contributed by atoms with Gasteiger partial charge in [-0.15, -0.1) is 5.10 Å². The summed E-state index contributed by atoms with van der Waals surface area (Å²) in [6.45, 7) is 3.35. The minimum atomic E-state index is -0.162. The van der Waals surface area contributed by atoms with Crippen LogP contribution in [0.25, 0.3) is 5.65 Å². The second kappa shape index (κ2) is 8.00. The van der Waals surface area contributed by atoms with E-state index in [1.165, 1.54) is 29.9 Å². The Hall–Kier alpha value is -4.65. The smallest absolute Gasteiger partial charge is 0.221 e. The molecule has 0 atom stereocenters. The molecule has 0 unspecified atom stereocenters. The Morgan fingerprint density at radius 3 is 2.61 bits per heavy atom. The molecule has 0 aliphatic heterocycles. The van der Waals surface area contributed by atoms with Crippen molar-refractivity contribution in [1.29, 1.82) is 5.26 Å². The third kappa shape index (κ3) is 4.20. The molecule has 1 aromatic carbocycles. The van der Waals surface area contributed by atoms with Crippen molar-refractivity contribution in [3.63, 3.8) is 0 Å². The van der Waals surface area contributed by atoms with E-state index in [0.29, 0.717) is 34.3 Å². The number of imidazole rings is 1. The highest BCUT2D eigenvalue weighted by Gasteiger charge is 2.13. The first kappa shape index (κ1) is 19.7. The molecule has 3 heterocycles. The summed E-state index contributed by atoms with van der Waals surface area (Å²) in [5.74, 6) is 0.821. The Balaban J connectivity index is 1.73. The lowest BCUT2D eigenvalue weighted by atomic mass is 10.1. The highest BCUT2D eigenvalue weighted by molar-refractivity contribution is 5.90. The van der Waals surface area contributed by atoms with E-state index in [0.717, 1.165) is 5.56 Å². The molecule has 4 N–H and O–H groups in total. The van der Waals surface area contributed by atoms with Crippen molar-refractivity contribution in [2.75, 3.05) is 16.0 Å². The average Bonchev–Trinajstić information content (AvgIpc) is 3.15. The minimum absolute atomic E-state index is 0.0507. The van der Waals surface area contributed by atoms with Crippen molar-refractivity contribution in [2.45, 2.75) is 13.8 Å². The highest BCUT2D eigenvalue weighted by Crippen LogP contribution is 2.27. The Bertz CT molecular complexity index is 1320. The van der Waals surface area contributed by atoms with E-state index in [1.54, 1.807) is 18.2 Å². The van der Waals surface area contributed by atoms with E-state index in [2.05, 4.69) is 37.1 Å². The molecule has 4 aromatic rings. The number of fused-ring (bicyclic) bond motifs is 1. The van der Waals surface area contributed by atoms with E-state index in [4.69, 9.17) is 0 Å². The molecular formula is C21H18N8O2. The van der Waals surface area contributed by atoms with Gasteiger partial charge in [0.25, 0.3) is 0 Å². The number of hydrogen-bond acceptors (Lipinski definition) is 8. The van der Waals surface area contributed by atoms with Crippen LogP contribution >= 0.6 is 0 Å². The molecule has 154 valence electrons. The lowest BCUT2D eigenvalue weighted by molar-refractivity contribution is -0.114. The molecule has 31 heavy (non-hydrogen) atoms. The number of anilines is 5. The molecule has 0 bridgehead atoms. The van der Waals surface area contributed by atoms with Gasteiger partial charge < -0.3 is 21.1 Å². The normalized spacial score (nSPS) is 10.5. The quantitative estimate of drug-likeness (QED) is 0.389. The van der Waals surface area contributed by atoms with Crippen LogP contribution < -0.4 is 16.0 Å². The van der Waals surface area contributed by atoms with Crippen LogP contribution in [-0.2, 0) is 4.79 Å². The molecule has 10 nitrogen and oxygen atoms in total. The molecule has 1 amide bonds. The summed E-state index contributed by atoms with van der Waals surface area (Å²) >= 11 is 0. The fraction of sp³-hybridized carbons (Fsp3) is 0.0952. The number of hydrogen-bond donors (Lipinski definition) is 4. The highest BCUT2D eigenvalue weighted by atomic mass is 16.3. The third-order valence-corrected chi connectivity index (χ3v) is 4.41. The second-order valence-electron chi connectivity index (χ2n) is 6.80. The molecule has 0 fully saturated rings. The van der Waals surface area contributed by atoms with E-state index < -0.39 is 0 Å². The largest absolute Gasteiger partial charge is 0.506 e. The van der Waals surface area contributed by atoms with Crippen LogP contribution in [0.2, 0.25) is 0 Å². The number of benzene rings is 1.